The van der Waals surface area contributed by atoms with Crippen LogP contribution in [-0.2, 0) is 18.4 Å². The van der Waals surface area contributed by atoms with Crippen molar-refractivity contribution in [2.75, 3.05) is 11.9 Å². The maximum Gasteiger partial charge on any atom is 0.282 e. The van der Waals surface area contributed by atoms with Crippen molar-refractivity contribution in [3.63, 3.8) is 0 Å². The van der Waals surface area contributed by atoms with E-state index < -0.39 is 0 Å². The smallest absolute Gasteiger partial charge is 0.282 e. The number of nitrogens with zero attached hydrogens (tertiary/aromatic N) is 4. The van der Waals surface area contributed by atoms with Crippen LogP contribution in [0.4, 0.5) is 11.6 Å². The molecular formula is C25H22Cl2N6O. The summed E-state index contributed by atoms with van der Waals surface area (Å²) in [6.45, 7) is 3.88. The third kappa shape index (κ3) is 3.47. The van der Waals surface area contributed by atoms with E-state index in [1.807, 2.05) is 6.92 Å². The second-order valence-corrected chi connectivity index (χ2v) is 9.74. The van der Waals surface area contributed by atoms with Crippen LogP contribution in [0.2, 0.25) is 10.0 Å². The Bertz CT molecular complexity index is 1490. The average molecular weight is 493 g/mol. The molecule has 9 heteroatoms. The van der Waals surface area contributed by atoms with Gasteiger partial charge in [-0.25, -0.2) is 9.97 Å². The van der Waals surface area contributed by atoms with Crippen LogP contribution in [0.3, 0.4) is 0 Å². The van der Waals surface area contributed by atoms with Gasteiger partial charge < -0.3 is 10.6 Å². The van der Waals surface area contributed by atoms with Crippen molar-refractivity contribution in [3.05, 3.63) is 79.8 Å². The summed E-state index contributed by atoms with van der Waals surface area (Å²) in [5.74, 6) is 0.418. The van der Waals surface area contributed by atoms with Crippen LogP contribution in [0, 0.1) is 0 Å². The lowest BCUT2D eigenvalue weighted by Gasteiger charge is -2.26. The highest BCUT2D eigenvalue weighted by atomic mass is 35.5. The topological polar surface area (TPSA) is 84.7 Å². The quantitative estimate of drug-likeness (QED) is 0.420. The number of aromatic nitrogens is 4. The van der Waals surface area contributed by atoms with Crippen LogP contribution in [0.5, 0.6) is 0 Å². The highest BCUT2D eigenvalue weighted by Crippen LogP contribution is 2.50. The number of benzene rings is 2. The molecule has 0 atom stereocenters. The van der Waals surface area contributed by atoms with Crippen molar-refractivity contribution in [2.24, 2.45) is 0 Å². The lowest BCUT2D eigenvalue weighted by molar-refractivity contribution is 0.531. The third-order valence-corrected chi connectivity index (χ3v) is 7.36. The van der Waals surface area contributed by atoms with Crippen molar-refractivity contribution >= 4 is 45.7 Å². The maximum absolute atomic E-state index is 13.3. The molecular weight excluding hydrogens is 471 g/mol. The Morgan fingerprint density at radius 3 is 2.71 bits per heavy atom. The molecule has 1 aliphatic heterocycles. The zero-order valence-corrected chi connectivity index (χ0v) is 20.0. The van der Waals surface area contributed by atoms with Gasteiger partial charge in [0.25, 0.3) is 5.56 Å². The van der Waals surface area contributed by atoms with E-state index in [1.54, 1.807) is 18.2 Å². The summed E-state index contributed by atoms with van der Waals surface area (Å²) in [6, 6.07) is 11.5. The molecule has 1 aliphatic carbocycles. The molecule has 34 heavy (non-hydrogen) atoms. The number of anilines is 2. The molecule has 6 rings (SSSR count). The fraction of sp³-hybridized carbons (Fsp3) is 0.280. The van der Waals surface area contributed by atoms with Crippen molar-refractivity contribution < 1.29 is 0 Å². The van der Waals surface area contributed by atoms with Gasteiger partial charge in [-0.2, -0.15) is 9.78 Å². The van der Waals surface area contributed by atoms with E-state index in [2.05, 4.69) is 43.9 Å². The van der Waals surface area contributed by atoms with Gasteiger partial charge in [0.2, 0.25) is 5.95 Å². The average Bonchev–Trinajstić information content (AvgIpc) is 3.60. The van der Waals surface area contributed by atoms with Gasteiger partial charge in [0.05, 0.1) is 21.1 Å². The van der Waals surface area contributed by atoms with Crippen LogP contribution < -0.4 is 16.2 Å². The van der Waals surface area contributed by atoms with Gasteiger partial charge in [0.15, 0.2) is 0 Å². The molecule has 0 saturated heterocycles. The van der Waals surface area contributed by atoms with E-state index in [0.717, 1.165) is 18.8 Å². The van der Waals surface area contributed by atoms with Crippen LogP contribution >= 0.6 is 23.2 Å². The monoisotopic (exact) mass is 492 g/mol. The van der Waals surface area contributed by atoms with E-state index in [9.17, 15) is 4.79 Å². The fourth-order valence-corrected chi connectivity index (χ4v) is 5.38. The molecule has 0 amide bonds. The predicted octanol–water partition coefficient (Wildman–Crippen LogP) is 4.92. The molecule has 172 valence electrons. The highest BCUT2D eigenvalue weighted by Gasteiger charge is 2.46. The molecule has 4 aromatic rings. The lowest BCUT2D eigenvalue weighted by Crippen LogP contribution is -2.33. The number of nitrogens with one attached hydrogen (secondary N) is 2. The fourth-order valence-electron chi connectivity index (χ4n) is 4.82. The standard InChI is InChI=1S/C25H22Cl2N6O/c1-2-20-21-16(23(34)33(32-20)22-18(26)4-3-5-19(22)27)12-29-24(31-21)30-15-6-7-17-14(10-15)11-28-13-25(17)8-9-25/h3-7,10,12,28H,2,8-9,11,13H2,1H3,(H,29,30,31). The number of para-hydroxylation sites is 1. The van der Waals surface area contributed by atoms with Gasteiger partial charge >= 0.3 is 0 Å². The summed E-state index contributed by atoms with van der Waals surface area (Å²) in [6.07, 6.45) is 4.60. The van der Waals surface area contributed by atoms with Crippen molar-refractivity contribution in [2.45, 2.75) is 38.1 Å². The number of hydrogen-bond acceptors (Lipinski definition) is 6. The van der Waals surface area contributed by atoms with Crippen molar-refractivity contribution in [3.8, 4) is 5.69 Å². The zero-order chi connectivity index (χ0) is 23.4. The molecule has 0 unspecified atom stereocenters. The van der Waals surface area contributed by atoms with E-state index >= 15 is 0 Å². The van der Waals surface area contributed by atoms with Crippen molar-refractivity contribution in [1.82, 2.24) is 25.1 Å². The first-order chi connectivity index (χ1) is 16.5. The van der Waals surface area contributed by atoms with Gasteiger partial charge in [0, 0.05) is 30.4 Å². The van der Waals surface area contributed by atoms with Crippen LogP contribution in [-0.4, -0.2) is 26.3 Å². The predicted molar refractivity (Wildman–Crippen MR) is 135 cm³/mol. The number of hydrogen-bond donors (Lipinski definition) is 2. The molecule has 2 N–H and O–H groups in total. The van der Waals surface area contributed by atoms with Gasteiger partial charge in [-0.3, -0.25) is 4.79 Å². The zero-order valence-electron chi connectivity index (χ0n) is 18.5. The molecule has 7 nitrogen and oxygen atoms in total. The number of fused-ring (bicyclic) bond motifs is 3. The highest BCUT2D eigenvalue weighted by molar-refractivity contribution is 6.37. The first-order valence-corrected chi connectivity index (χ1v) is 12.1. The number of halogens is 2. The number of rotatable bonds is 4. The summed E-state index contributed by atoms with van der Waals surface area (Å²) in [4.78, 5) is 22.4. The van der Waals surface area contributed by atoms with Crippen LogP contribution in [0.15, 0.2) is 47.4 Å². The maximum atomic E-state index is 13.3. The summed E-state index contributed by atoms with van der Waals surface area (Å²) < 4.78 is 1.24. The second kappa shape index (κ2) is 8.05. The Kier molecular flexibility index (Phi) is 5.09. The number of aryl methyl sites for hydroxylation is 1. The summed E-state index contributed by atoms with van der Waals surface area (Å²) in [7, 11) is 0. The van der Waals surface area contributed by atoms with E-state index in [-0.39, 0.29) is 5.56 Å². The van der Waals surface area contributed by atoms with Gasteiger partial charge in [0.1, 0.15) is 11.2 Å². The van der Waals surface area contributed by atoms with Gasteiger partial charge in [-0.1, -0.05) is 42.3 Å². The van der Waals surface area contributed by atoms with Crippen LogP contribution in [0.25, 0.3) is 16.6 Å². The largest absolute Gasteiger partial charge is 0.324 e. The van der Waals surface area contributed by atoms with Gasteiger partial charge in [-0.05, 0) is 54.7 Å². The minimum absolute atomic E-state index is 0.331. The van der Waals surface area contributed by atoms with Crippen molar-refractivity contribution in [1.29, 1.82) is 0 Å². The molecule has 0 radical (unpaired) electrons. The summed E-state index contributed by atoms with van der Waals surface area (Å²) in [5.41, 5.74) is 5.16. The summed E-state index contributed by atoms with van der Waals surface area (Å²) in [5, 5.41) is 12.4. The Hall–Kier alpha value is -3.00. The van der Waals surface area contributed by atoms with E-state index in [1.165, 1.54) is 34.8 Å². The van der Waals surface area contributed by atoms with Gasteiger partial charge in [-0.15, -0.1) is 0 Å². The minimum Gasteiger partial charge on any atom is -0.324 e. The SMILES string of the molecule is CCc1nn(-c2c(Cl)cccc2Cl)c(=O)c2cnc(Nc3ccc4c(c3)CNCC43CC3)nc12. The molecule has 3 heterocycles. The first kappa shape index (κ1) is 21.5. The Balaban J connectivity index is 1.40. The van der Waals surface area contributed by atoms with E-state index in [4.69, 9.17) is 23.2 Å². The Morgan fingerprint density at radius 1 is 1.18 bits per heavy atom. The molecule has 1 spiro atoms. The molecule has 1 fully saturated rings. The normalized spacial score (nSPS) is 16.0. The molecule has 1 saturated carbocycles. The Labute approximate surface area is 206 Å². The Morgan fingerprint density at radius 2 is 1.97 bits per heavy atom. The first-order valence-electron chi connectivity index (χ1n) is 11.3. The summed E-state index contributed by atoms with van der Waals surface area (Å²) >= 11 is 12.7. The molecule has 2 aliphatic rings. The lowest BCUT2D eigenvalue weighted by atomic mass is 9.88. The molecule has 2 aromatic carbocycles. The molecule has 0 bridgehead atoms. The third-order valence-electron chi connectivity index (χ3n) is 6.75. The van der Waals surface area contributed by atoms with E-state index in [0.29, 0.717) is 50.1 Å². The van der Waals surface area contributed by atoms with Crippen LogP contribution in [0.1, 0.15) is 36.6 Å². The second-order valence-electron chi connectivity index (χ2n) is 8.92. The minimum atomic E-state index is -0.372. The molecule has 2 aromatic heterocycles.